The van der Waals surface area contributed by atoms with Crippen molar-refractivity contribution in [3.05, 3.63) is 118 Å². The van der Waals surface area contributed by atoms with Gasteiger partial charge in [0, 0.05) is 28.7 Å². The van der Waals surface area contributed by atoms with Gasteiger partial charge < -0.3 is 4.74 Å². The molecule has 4 aromatic rings. The zero-order chi connectivity index (χ0) is 31.5. The Morgan fingerprint density at radius 3 is 1.88 bits per heavy atom. The fraction of sp³-hybridized carbons (Fsp3) is 0.200. The molecule has 4 rings (SSSR count). The third kappa shape index (κ3) is 7.13. The first-order valence-electron chi connectivity index (χ1n) is 12.9. The lowest BCUT2D eigenvalue weighted by atomic mass is 10.1. The molecule has 2 unspecified atom stereocenters. The molecule has 0 amide bonds. The van der Waals surface area contributed by atoms with Crippen LogP contribution in [0.15, 0.2) is 101 Å². The van der Waals surface area contributed by atoms with Crippen molar-refractivity contribution in [3.8, 4) is 5.75 Å². The van der Waals surface area contributed by atoms with Crippen LogP contribution in [0.1, 0.15) is 25.5 Å². The van der Waals surface area contributed by atoms with E-state index in [0.717, 1.165) is 26.8 Å². The minimum Gasteiger partial charge on any atom is -0.492 e. The monoisotopic (exact) mass is 668 g/mol. The van der Waals surface area contributed by atoms with Crippen molar-refractivity contribution in [2.24, 2.45) is 0 Å². The Bertz CT molecular complexity index is 1810. The van der Waals surface area contributed by atoms with E-state index in [1.54, 1.807) is 31.2 Å². The second kappa shape index (κ2) is 13.2. The lowest BCUT2D eigenvalue weighted by Crippen LogP contribution is -2.39. The Hall–Kier alpha value is -3.22. The summed E-state index contributed by atoms with van der Waals surface area (Å²) in [5, 5.41) is 0.695. The smallest absolute Gasteiger partial charge is 0.264 e. The van der Waals surface area contributed by atoms with Gasteiger partial charge in [0.05, 0.1) is 27.6 Å². The number of sulfonamides is 2. The van der Waals surface area contributed by atoms with Gasteiger partial charge >= 0.3 is 0 Å². The maximum atomic E-state index is 15.1. The Balaban J connectivity index is 1.68. The molecule has 0 heterocycles. The molecule has 228 valence electrons. The summed E-state index contributed by atoms with van der Waals surface area (Å²) in [4.78, 5) is -0.131. The van der Waals surface area contributed by atoms with E-state index in [4.69, 9.17) is 27.9 Å². The SMILES string of the molecule is CC(COc1ccccc1C(C)N(c1cc(F)ccc1F)S(=O)(=O)c1ccc(Cl)cc1)N(C)S(=O)(=O)c1ccc(Cl)cc1. The highest BCUT2D eigenvalue weighted by Crippen LogP contribution is 2.38. The first-order valence-corrected chi connectivity index (χ1v) is 16.6. The highest BCUT2D eigenvalue weighted by molar-refractivity contribution is 7.92. The largest absolute Gasteiger partial charge is 0.492 e. The van der Waals surface area contributed by atoms with Gasteiger partial charge in [0.1, 0.15) is 24.0 Å². The molecule has 13 heteroatoms. The van der Waals surface area contributed by atoms with Gasteiger partial charge in [0.2, 0.25) is 10.0 Å². The summed E-state index contributed by atoms with van der Waals surface area (Å²) in [7, 11) is -6.92. The topological polar surface area (TPSA) is 84.0 Å². The van der Waals surface area contributed by atoms with Crippen molar-refractivity contribution in [1.29, 1.82) is 0 Å². The molecule has 0 aliphatic heterocycles. The fourth-order valence-electron chi connectivity index (χ4n) is 4.33. The lowest BCUT2D eigenvalue weighted by Gasteiger charge is -2.32. The molecule has 4 aromatic carbocycles. The van der Waals surface area contributed by atoms with Crippen LogP contribution in [0.5, 0.6) is 5.75 Å². The normalized spacial score (nSPS) is 13.5. The van der Waals surface area contributed by atoms with Gasteiger partial charge in [-0.25, -0.2) is 25.6 Å². The number of hydrogen-bond donors (Lipinski definition) is 0. The maximum Gasteiger partial charge on any atom is 0.264 e. The van der Waals surface area contributed by atoms with E-state index in [1.807, 2.05) is 0 Å². The minimum atomic E-state index is -4.46. The Labute approximate surface area is 260 Å². The number of benzene rings is 4. The third-order valence-corrected chi connectivity index (χ3v) is 11.2. The Morgan fingerprint density at radius 1 is 0.767 bits per heavy atom. The quantitative estimate of drug-likeness (QED) is 0.167. The van der Waals surface area contributed by atoms with Crippen LogP contribution in [0.2, 0.25) is 10.0 Å². The zero-order valence-corrected chi connectivity index (χ0v) is 26.4. The van der Waals surface area contributed by atoms with Crippen molar-refractivity contribution in [2.75, 3.05) is 18.0 Å². The summed E-state index contributed by atoms with van der Waals surface area (Å²) in [6.07, 6.45) is 0. The lowest BCUT2D eigenvalue weighted by molar-refractivity contribution is 0.230. The van der Waals surface area contributed by atoms with Crippen LogP contribution in [-0.2, 0) is 20.0 Å². The molecule has 0 spiro atoms. The van der Waals surface area contributed by atoms with Crippen LogP contribution in [0.4, 0.5) is 14.5 Å². The molecule has 0 aliphatic rings. The summed E-state index contributed by atoms with van der Waals surface area (Å²) in [5.41, 5.74) is -0.168. The van der Waals surface area contributed by atoms with Crippen molar-refractivity contribution in [1.82, 2.24) is 4.31 Å². The summed E-state index contributed by atoms with van der Waals surface area (Å²) in [6, 6.07) is 18.4. The van der Waals surface area contributed by atoms with Crippen LogP contribution in [0.3, 0.4) is 0 Å². The highest BCUT2D eigenvalue weighted by Gasteiger charge is 2.34. The van der Waals surface area contributed by atoms with E-state index in [0.29, 0.717) is 15.6 Å². The van der Waals surface area contributed by atoms with Gasteiger partial charge in [-0.2, -0.15) is 4.31 Å². The van der Waals surface area contributed by atoms with E-state index < -0.39 is 49.5 Å². The number of para-hydroxylation sites is 1. The highest BCUT2D eigenvalue weighted by atomic mass is 35.5. The molecular weight excluding hydrogens is 641 g/mol. The van der Waals surface area contributed by atoms with E-state index in [-0.39, 0.29) is 22.1 Å². The van der Waals surface area contributed by atoms with E-state index >= 15 is 4.39 Å². The van der Waals surface area contributed by atoms with Gasteiger partial charge in [0.25, 0.3) is 10.0 Å². The van der Waals surface area contributed by atoms with Gasteiger partial charge in [-0.1, -0.05) is 41.4 Å². The number of nitrogens with zero attached hydrogens (tertiary/aromatic N) is 2. The van der Waals surface area contributed by atoms with Crippen molar-refractivity contribution >= 4 is 48.9 Å². The van der Waals surface area contributed by atoms with Crippen LogP contribution in [0, 0.1) is 11.6 Å². The number of anilines is 1. The Morgan fingerprint density at radius 2 is 1.30 bits per heavy atom. The number of rotatable bonds is 11. The molecule has 0 saturated carbocycles. The van der Waals surface area contributed by atoms with Crippen LogP contribution >= 0.6 is 23.2 Å². The molecule has 0 aliphatic carbocycles. The van der Waals surface area contributed by atoms with Crippen molar-refractivity contribution < 1.29 is 30.4 Å². The second-order valence-electron chi connectivity index (χ2n) is 9.70. The number of hydrogen-bond acceptors (Lipinski definition) is 5. The van der Waals surface area contributed by atoms with Gasteiger partial charge in [-0.3, -0.25) is 4.31 Å². The van der Waals surface area contributed by atoms with Crippen molar-refractivity contribution in [3.63, 3.8) is 0 Å². The van der Waals surface area contributed by atoms with Gasteiger partial charge in [0.15, 0.2) is 0 Å². The van der Waals surface area contributed by atoms with E-state index in [2.05, 4.69) is 0 Å². The fourth-order valence-corrected chi connectivity index (χ4v) is 7.56. The maximum absolute atomic E-state index is 15.1. The van der Waals surface area contributed by atoms with Crippen LogP contribution in [0.25, 0.3) is 0 Å². The summed E-state index contributed by atoms with van der Waals surface area (Å²) >= 11 is 11.8. The van der Waals surface area contributed by atoms with E-state index in [9.17, 15) is 21.2 Å². The first-order chi connectivity index (χ1) is 20.2. The van der Waals surface area contributed by atoms with Gasteiger partial charge in [-0.15, -0.1) is 0 Å². The standard InChI is InChI=1S/C30H28Cl2F2N2O5S2/c1-20(35(3)42(37,38)25-13-8-22(31)9-14-25)19-41-30-7-5-4-6-27(30)21(2)36(29-18-24(33)12-17-28(29)34)43(39,40)26-15-10-23(32)11-16-26/h4-18,20-21H,19H2,1-3H3. The molecule has 2 atom stereocenters. The molecule has 0 radical (unpaired) electrons. The predicted octanol–water partition coefficient (Wildman–Crippen LogP) is 7.32. The molecule has 43 heavy (non-hydrogen) atoms. The van der Waals surface area contributed by atoms with Crippen molar-refractivity contribution in [2.45, 2.75) is 35.7 Å². The molecule has 0 bridgehead atoms. The molecule has 0 N–H and O–H groups in total. The summed E-state index contributed by atoms with van der Waals surface area (Å²) < 4.78 is 91.5. The molecule has 0 fully saturated rings. The second-order valence-corrected chi connectivity index (χ2v) is 14.4. The molecule has 0 saturated heterocycles. The minimum absolute atomic E-state index is 0.0560. The van der Waals surface area contributed by atoms with E-state index in [1.165, 1.54) is 62.5 Å². The average Bonchev–Trinajstić information content (AvgIpc) is 2.97. The molecular formula is C30H28Cl2F2N2O5S2. The van der Waals surface area contributed by atoms with Gasteiger partial charge in [-0.05, 0) is 80.6 Å². The molecule has 7 nitrogen and oxygen atoms in total. The summed E-state index contributed by atoms with van der Waals surface area (Å²) in [5.74, 6) is -1.55. The number of halogens is 4. The molecule has 0 aromatic heterocycles. The average molecular weight is 670 g/mol. The van der Waals surface area contributed by atoms with Crippen LogP contribution in [-0.4, -0.2) is 40.8 Å². The summed E-state index contributed by atoms with van der Waals surface area (Å²) in [6.45, 7) is 3.06. The number of ether oxygens (including phenoxy) is 1. The predicted molar refractivity (Wildman–Crippen MR) is 164 cm³/mol. The third-order valence-electron chi connectivity index (χ3n) is 6.83. The first kappa shape index (κ1) is 32.7. The zero-order valence-electron chi connectivity index (χ0n) is 23.3. The number of likely N-dealkylation sites (N-methyl/N-ethyl adjacent to an activating group) is 1. The Kier molecular flexibility index (Phi) is 10.0. The van der Waals surface area contributed by atoms with Crippen LogP contribution < -0.4 is 9.04 Å².